The molecule has 0 aliphatic rings. The van der Waals surface area contributed by atoms with Gasteiger partial charge in [0.05, 0.1) is 10.6 Å². The van der Waals surface area contributed by atoms with Crippen LogP contribution in [0.5, 0.6) is 5.75 Å². The van der Waals surface area contributed by atoms with E-state index < -0.39 is 39.1 Å². The van der Waals surface area contributed by atoms with Crippen LogP contribution in [-0.2, 0) is 0 Å². The van der Waals surface area contributed by atoms with Gasteiger partial charge in [0.2, 0.25) is 0 Å². The van der Waals surface area contributed by atoms with E-state index in [9.17, 15) is 18.7 Å². The molecule has 0 unspecified atom stereocenters. The Morgan fingerprint density at radius 1 is 1.10 bits per heavy atom. The van der Waals surface area contributed by atoms with Gasteiger partial charge in [0.15, 0.2) is 11.4 Å². The van der Waals surface area contributed by atoms with Crippen molar-refractivity contribution in [1.29, 1.82) is 0 Å². The van der Waals surface area contributed by atoms with Gasteiger partial charge in [-0.15, -0.1) is 0 Å². The predicted molar refractivity (Wildman–Crippen MR) is 72.2 cm³/mol. The molecule has 0 aliphatic heterocycles. The van der Waals surface area contributed by atoms with E-state index in [1.165, 1.54) is 12.4 Å². The summed E-state index contributed by atoms with van der Waals surface area (Å²) in [5.41, 5.74) is -1.90. The van der Waals surface area contributed by atoms with Gasteiger partial charge in [0.1, 0.15) is 17.2 Å². The van der Waals surface area contributed by atoms with Gasteiger partial charge in [0, 0.05) is 18.0 Å². The molecule has 2 N–H and O–H groups in total. The molecule has 0 radical (unpaired) electrons. The number of H-pyrrole nitrogens is 1. The lowest BCUT2D eigenvalue weighted by Gasteiger charge is -2.09. The highest BCUT2D eigenvalue weighted by atomic mass is 35.5. The molecule has 21 heavy (non-hydrogen) atoms. The van der Waals surface area contributed by atoms with Crippen LogP contribution in [0.1, 0.15) is 0 Å². The van der Waals surface area contributed by atoms with Crippen molar-refractivity contribution in [2.45, 2.75) is 0 Å². The maximum Gasteiger partial charge on any atom is 0.261 e. The van der Waals surface area contributed by atoms with Crippen molar-refractivity contribution < 1.29 is 13.9 Å². The van der Waals surface area contributed by atoms with Gasteiger partial charge in [-0.05, 0) is 12.1 Å². The van der Waals surface area contributed by atoms with Crippen molar-refractivity contribution in [3.63, 3.8) is 0 Å². The lowest BCUT2D eigenvalue weighted by atomic mass is 10.0. The van der Waals surface area contributed by atoms with Gasteiger partial charge in [-0.2, -0.15) is 0 Å². The number of halogens is 3. The standard InChI is InChI=1S/C13H6ClF2N3O2/c14-9-6(16)2-1-5(15)7(9)8-11(20)10-12(19-13(8)21)18-4-3-17-10/h1-4H,(H2,18,19,20,21). The Morgan fingerprint density at radius 2 is 1.76 bits per heavy atom. The number of fused-ring (bicyclic) bond motifs is 1. The third kappa shape index (κ3) is 2.02. The Hall–Kier alpha value is -2.54. The molecule has 0 spiro atoms. The highest BCUT2D eigenvalue weighted by molar-refractivity contribution is 6.33. The van der Waals surface area contributed by atoms with Gasteiger partial charge >= 0.3 is 0 Å². The molecule has 0 atom stereocenters. The summed E-state index contributed by atoms with van der Waals surface area (Å²) in [7, 11) is 0. The van der Waals surface area contributed by atoms with Crippen molar-refractivity contribution in [2.24, 2.45) is 0 Å². The number of nitrogens with one attached hydrogen (secondary N) is 1. The number of aromatic amines is 1. The lowest BCUT2D eigenvalue weighted by Crippen LogP contribution is -2.12. The average Bonchev–Trinajstić information content (AvgIpc) is 2.46. The first-order valence-corrected chi connectivity index (χ1v) is 6.08. The number of aromatic hydroxyl groups is 1. The second-order valence-electron chi connectivity index (χ2n) is 4.15. The molecule has 1 aromatic carbocycles. The van der Waals surface area contributed by atoms with Crippen LogP contribution in [0.2, 0.25) is 5.02 Å². The first-order chi connectivity index (χ1) is 10.0. The number of pyridine rings is 1. The quantitative estimate of drug-likeness (QED) is 0.677. The first-order valence-electron chi connectivity index (χ1n) is 5.70. The Bertz CT molecular complexity index is 927. The highest BCUT2D eigenvalue weighted by Crippen LogP contribution is 2.37. The van der Waals surface area contributed by atoms with Crippen LogP contribution in [0.4, 0.5) is 8.78 Å². The lowest BCUT2D eigenvalue weighted by molar-refractivity contribution is 0.480. The minimum atomic E-state index is -0.939. The largest absolute Gasteiger partial charge is 0.505 e. The summed E-state index contributed by atoms with van der Waals surface area (Å²) < 4.78 is 27.4. The Kier molecular flexibility index (Phi) is 3.06. The number of hydrogen-bond donors (Lipinski definition) is 2. The van der Waals surface area contributed by atoms with Crippen molar-refractivity contribution >= 4 is 22.8 Å². The summed E-state index contributed by atoms with van der Waals surface area (Å²) in [6.45, 7) is 0. The number of benzene rings is 1. The normalized spacial score (nSPS) is 11.0. The third-order valence-corrected chi connectivity index (χ3v) is 3.28. The van der Waals surface area contributed by atoms with Gasteiger partial charge in [-0.25, -0.2) is 18.7 Å². The molecular weight excluding hydrogens is 304 g/mol. The van der Waals surface area contributed by atoms with E-state index in [1.54, 1.807) is 0 Å². The molecule has 5 nitrogen and oxygen atoms in total. The zero-order chi connectivity index (χ0) is 15.1. The number of hydrogen-bond acceptors (Lipinski definition) is 4. The summed E-state index contributed by atoms with van der Waals surface area (Å²) in [6, 6.07) is 1.64. The van der Waals surface area contributed by atoms with Crippen LogP contribution in [0, 0.1) is 11.6 Å². The molecule has 2 heterocycles. The number of rotatable bonds is 1. The van der Waals surface area contributed by atoms with Crippen LogP contribution in [0.15, 0.2) is 29.3 Å². The molecule has 106 valence electrons. The minimum Gasteiger partial charge on any atom is -0.505 e. The molecule has 0 fully saturated rings. The minimum absolute atomic E-state index is 0.0247. The molecule has 0 bridgehead atoms. The van der Waals surface area contributed by atoms with Gasteiger partial charge in [-0.3, -0.25) is 4.79 Å². The summed E-state index contributed by atoms with van der Waals surface area (Å²) >= 11 is 5.71. The van der Waals surface area contributed by atoms with E-state index in [2.05, 4.69) is 15.0 Å². The van der Waals surface area contributed by atoms with E-state index >= 15 is 0 Å². The van der Waals surface area contributed by atoms with Gasteiger partial charge in [-0.1, -0.05) is 11.6 Å². The molecule has 3 rings (SSSR count). The van der Waals surface area contributed by atoms with Gasteiger partial charge in [0.25, 0.3) is 5.56 Å². The maximum absolute atomic E-state index is 13.9. The summed E-state index contributed by atoms with van der Waals surface area (Å²) in [6.07, 6.45) is 2.60. The molecule has 0 aliphatic carbocycles. The number of nitrogens with zero attached hydrogens (tertiary/aromatic N) is 2. The summed E-state index contributed by atoms with van der Waals surface area (Å²) in [4.78, 5) is 22.0. The zero-order valence-electron chi connectivity index (χ0n) is 10.2. The molecule has 0 amide bonds. The Morgan fingerprint density at radius 3 is 2.52 bits per heavy atom. The smallest absolute Gasteiger partial charge is 0.261 e. The Labute approximate surface area is 120 Å². The fourth-order valence-corrected chi connectivity index (χ4v) is 2.23. The second kappa shape index (κ2) is 4.78. The van der Waals surface area contributed by atoms with Crippen LogP contribution in [0.3, 0.4) is 0 Å². The van der Waals surface area contributed by atoms with Crippen molar-refractivity contribution in [1.82, 2.24) is 15.0 Å². The van der Waals surface area contributed by atoms with E-state index in [0.29, 0.717) is 0 Å². The predicted octanol–water partition coefficient (Wildman–Crippen LogP) is 2.62. The van der Waals surface area contributed by atoms with E-state index in [4.69, 9.17) is 11.6 Å². The van der Waals surface area contributed by atoms with Crippen LogP contribution >= 0.6 is 11.6 Å². The summed E-state index contributed by atoms with van der Waals surface area (Å²) in [5, 5.41) is 9.56. The number of aromatic nitrogens is 3. The molecule has 8 heteroatoms. The van der Waals surface area contributed by atoms with Crippen LogP contribution in [0.25, 0.3) is 22.3 Å². The van der Waals surface area contributed by atoms with Crippen LogP contribution < -0.4 is 5.56 Å². The molecule has 0 saturated heterocycles. The van der Waals surface area contributed by atoms with Crippen molar-refractivity contribution in [3.8, 4) is 16.9 Å². The molecule has 3 aromatic rings. The maximum atomic E-state index is 13.9. The van der Waals surface area contributed by atoms with Gasteiger partial charge < -0.3 is 10.1 Å². The summed E-state index contributed by atoms with van der Waals surface area (Å²) in [5.74, 6) is -2.47. The second-order valence-corrected chi connectivity index (χ2v) is 4.53. The van der Waals surface area contributed by atoms with Crippen molar-refractivity contribution in [2.75, 3.05) is 0 Å². The fourth-order valence-electron chi connectivity index (χ4n) is 1.99. The van der Waals surface area contributed by atoms with Crippen molar-refractivity contribution in [3.05, 3.63) is 51.5 Å². The molecule has 2 aromatic heterocycles. The topological polar surface area (TPSA) is 78.9 Å². The monoisotopic (exact) mass is 309 g/mol. The SMILES string of the molecule is O=c1[nH]c2nccnc2c(O)c1-c1c(F)ccc(F)c1Cl. The first kappa shape index (κ1) is 13.4. The molecule has 0 saturated carbocycles. The Balaban J connectivity index is 2.47. The average molecular weight is 310 g/mol. The van der Waals surface area contributed by atoms with Crippen LogP contribution in [-0.4, -0.2) is 20.1 Å². The van der Waals surface area contributed by atoms with E-state index in [1.807, 2.05) is 0 Å². The zero-order valence-corrected chi connectivity index (χ0v) is 10.9. The molecular formula is C13H6ClF2N3O2. The third-order valence-electron chi connectivity index (χ3n) is 2.91. The fraction of sp³-hybridized carbons (Fsp3) is 0. The highest BCUT2D eigenvalue weighted by Gasteiger charge is 2.22. The van der Waals surface area contributed by atoms with E-state index in [-0.39, 0.29) is 11.2 Å². The van der Waals surface area contributed by atoms with E-state index in [0.717, 1.165) is 12.1 Å².